The van der Waals surface area contributed by atoms with Crippen LogP contribution >= 0.6 is 0 Å². The molecule has 0 heterocycles. The van der Waals surface area contributed by atoms with Crippen molar-refractivity contribution in [3.63, 3.8) is 0 Å². The Morgan fingerprint density at radius 1 is 1.08 bits per heavy atom. The molecule has 0 spiro atoms. The van der Waals surface area contributed by atoms with Crippen LogP contribution < -0.4 is 0 Å². The summed E-state index contributed by atoms with van der Waals surface area (Å²) in [6.45, 7) is 3.06. The lowest BCUT2D eigenvalue weighted by Gasteiger charge is -2.31. The first-order valence-corrected chi connectivity index (χ1v) is 6.01. The predicted octanol–water partition coefficient (Wildman–Crippen LogP) is 2.85. The van der Waals surface area contributed by atoms with Crippen molar-refractivity contribution in [3.8, 4) is 0 Å². The first kappa shape index (κ1) is 8.28. The lowest BCUT2D eigenvalue weighted by molar-refractivity contribution is -0.00383. The third-order valence-electron chi connectivity index (χ3n) is 4.75. The molecule has 0 aromatic rings. The molecule has 0 amide bonds. The van der Waals surface area contributed by atoms with E-state index >= 15 is 0 Å². The molecule has 3 aliphatic carbocycles. The van der Waals surface area contributed by atoms with E-state index in [-0.39, 0.29) is 0 Å². The van der Waals surface area contributed by atoms with Gasteiger partial charge in [0.05, 0.1) is 6.10 Å². The minimum absolute atomic E-state index is 0.648. The van der Waals surface area contributed by atoms with E-state index in [2.05, 4.69) is 6.92 Å². The highest BCUT2D eigenvalue weighted by molar-refractivity contribution is 5.03. The molecule has 2 bridgehead atoms. The highest BCUT2D eigenvalue weighted by Crippen LogP contribution is 2.59. The number of hydrogen-bond acceptors (Lipinski definition) is 1. The highest BCUT2D eigenvalue weighted by Gasteiger charge is 2.53. The maximum absolute atomic E-state index is 5.84. The van der Waals surface area contributed by atoms with E-state index in [1.54, 1.807) is 0 Å². The molecule has 0 N–H and O–H groups in total. The number of fused-ring (bicyclic) bond motifs is 5. The SMILES string of the molecule is CCO[C@H]1C[C@H]2C[C@@H]1[C@@H]1CCC[C@H]21. The average molecular weight is 180 g/mol. The van der Waals surface area contributed by atoms with E-state index in [1.165, 1.54) is 32.1 Å². The van der Waals surface area contributed by atoms with E-state index in [9.17, 15) is 0 Å². The zero-order valence-electron chi connectivity index (χ0n) is 8.54. The zero-order chi connectivity index (χ0) is 8.84. The van der Waals surface area contributed by atoms with Crippen LogP contribution in [0.3, 0.4) is 0 Å². The molecule has 0 aromatic heterocycles. The molecule has 0 radical (unpaired) electrons. The second kappa shape index (κ2) is 2.98. The first-order valence-electron chi connectivity index (χ1n) is 6.01. The van der Waals surface area contributed by atoms with Gasteiger partial charge in [-0.05, 0) is 56.3 Å². The van der Waals surface area contributed by atoms with Gasteiger partial charge in [0.2, 0.25) is 0 Å². The second-order valence-electron chi connectivity index (χ2n) is 5.15. The van der Waals surface area contributed by atoms with Crippen molar-refractivity contribution in [3.05, 3.63) is 0 Å². The lowest BCUT2D eigenvalue weighted by atomic mass is 9.80. The Balaban J connectivity index is 1.74. The molecular formula is C12H20O. The predicted molar refractivity (Wildman–Crippen MR) is 52.5 cm³/mol. The Hall–Kier alpha value is -0.0400. The van der Waals surface area contributed by atoms with Gasteiger partial charge in [-0.1, -0.05) is 6.42 Å². The van der Waals surface area contributed by atoms with Gasteiger partial charge in [0.1, 0.15) is 0 Å². The van der Waals surface area contributed by atoms with E-state index in [0.717, 1.165) is 30.3 Å². The fraction of sp³-hybridized carbons (Fsp3) is 1.00. The van der Waals surface area contributed by atoms with Crippen molar-refractivity contribution in [1.82, 2.24) is 0 Å². The van der Waals surface area contributed by atoms with Crippen LogP contribution in [-0.2, 0) is 4.74 Å². The summed E-state index contributed by atoms with van der Waals surface area (Å²) in [5.41, 5.74) is 0. The van der Waals surface area contributed by atoms with E-state index < -0.39 is 0 Å². The smallest absolute Gasteiger partial charge is 0.0608 e. The van der Waals surface area contributed by atoms with Gasteiger partial charge in [0.15, 0.2) is 0 Å². The van der Waals surface area contributed by atoms with Crippen molar-refractivity contribution < 1.29 is 4.74 Å². The van der Waals surface area contributed by atoms with E-state index in [0.29, 0.717) is 6.10 Å². The Morgan fingerprint density at radius 2 is 1.92 bits per heavy atom. The molecule has 0 saturated heterocycles. The molecule has 3 saturated carbocycles. The standard InChI is InChI=1S/C12H20O/c1-2-13-12-7-8-6-11(12)10-5-3-4-9(8)10/h8-12H,2-7H2,1H3/t8-,9-,10-,11-,12+/m1/s1. The average Bonchev–Trinajstić information content (AvgIpc) is 2.72. The van der Waals surface area contributed by atoms with Crippen LogP contribution in [0, 0.1) is 23.7 Å². The van der Waals surface area contributed by atoms with Gasteiger partial charge >= 0.3 is 0 Å². The number of hydrogen-bond donors (Lipinski definition) is 0. The van der Waals surface area contributed by atoms with Crippen molar-refractivity contribution in [2.24, 2.45) is 23.7 Å². The van der Waals surface area contributed by atoms with Crippen LogP contribution in [-0.4, -0.2) is 12.7 Å². The summed E-state index contributed by atoms with van der Waals surface area (Å²) in [6.07, 6.45) is 8.08. The molecule has 74 valence electrons. The molecule has 5 atom stereocenters. The molecule has 0 unspecified atom stereocenters. The van der Waals surface area contributed by atoms with Crippen LogP contribution in [0.1, 0.15) is 39.0 Å². The quantitative estimate of drug-likeness (QED) is 0.635. The molecule has 0 aromatic carbocycles. The molecule has 3 aliphatic rings. The van der Waals surface area contributed by atoms with Gasteiger partial charge in [-0.15, -0.1) is 0 Å². The third kappa shape index (κ3) is 1.09. The van der Waals surface area contributed by atoms with Gasteiger partial charge < -0.3 is 4.74 Å². The summed E-state index contributed by atoms with van der Waals surface area (Å²) in [7, 11) is 0. The molecule has 13 heavy (non-hydrogen) atoms. The normalized spacial score (nSPS) is 52.8. The van der Waals surface area contributed by atoms with Gasteiger partial charge in [0.25, 0.3) is 0 Å². The third-order valence-corrected chi connectivity index (χ3v) is 4.75. The van der Waals surface area contributed by atoms with Crippen LogP contribution in [0.4, 0.5) is 0 Å². The van der Waals surface area contributed by atoms with Crippen molar-refractivity contribution >= 4 is 0 Å². The lowest BCUT2D eigenvalue weighted by Crippen LogP contribution is -2.30. The van der Waals surface area contributed by atoms with Gasteiger partial charge in [-0.3, -0.25) is 0 Å². The van der Waals surface area contributed by atoms with Crippen LogP contribution in [0.15, 0.2) is 0 Å². The summed E-state index contributed by atoms with van der Waals surface area (Å²) < 4.78 is 5.84. The molecule has 0 aliphatic heterocycles. The number of rotatable bonds is 2. The fourth-order valence-corrected chi connectivity index (χ4v) is 4.41. The van der Waals surface area contributed by atoms with Crippen molar-refractivity contribution in [2.45, 2.75) is 45.1 Å². The molecular weight excluding hydrogens is 160 g/mol. The summed E-state index contributed by atoms with van der Waals surface area (Å²) in [5.74, 6) is 4.18. The van der Waals surface area contributed by atoms with Gasteiger partial charge in [-0.25, -0.2) is 0 Å². The Kier molecular flexibility index (Phi) is 1.90. The fourth-order valence-electron chi connectivity index (χ4n) is 4.41. The summed E-state index contributed by atoms with van der Waals surface area (Å²) in [4.78, 5) is 0. The minimum atomic E-state index is 0.648. The van der Waals surface area contributed by atoms with Gasteiger partial charge in [-0.2, -0.15) is 0 Å². The first-order chi connectivity index (χ1) is 6.40. The summed E-state index contributed by atoms with van der Waals surface area (Å²) >= 11 is 0. The van der Waals surface area contributed by atoms with Gasteiger partial charge in [0, 0.05) is 6.61 Å². The van der Waals surface area contributed by atoms with Crippen LogP contribution in [0.2, 0.25) is 0 Å². The monoisotopic (exact) mass is 180 g/mol. The minimum Gasteiger partial charge on any atom is -0.378 e. The summed E-state index contributed by atoms with van der Waals surface area (Å²) in [6, 6.07) is 0. The topological polar surface area (TPSA) is 9.23 Å². The highest BCUT2D eigenvalue weighted by atomic mass is 16.5. The van der Waals surface area contributed by atoms with Crippen LogP contribution in [0.5, 0.6) is 0 Å². The Morgan fingerprint density at radius 3 is 2.77 bits per heavy atom. The number of ether oxygens (including phenoxy) is 1. The summed E-state index contributed by atoms with van der Waals surface area (Å²) in [5, 5.41) is 0. The molecule has 1 nitrogen and oxygen atoms in total. The maximum atomic E-state index is 5.84. The Labute approximate surface area is 80.8 Å². The second-order valence-corrected chi connectivity index (χ2v) is 5.15. The van der Waals surface area contributed by atoms with Crippen LogP contribution in [0.25, 0.3) is 0 Å². The van der Waals surface area contributed by atoms with E-state index in [4.69, 9.17) is 4.74 Å². The maximum Gasteiger partial charge on any atom is 0.0608 e. The molecule has 1 heteroatoms. The van der Waals surface area contributed by atoms with E-state index in [1.807, 2.05) is 0 Å². The molecule has 3 rings (SSSR count). The Bertz CT molecular complexity index is 201. The van der Waals surface area contributed by atoms with Crippen molar-refractivity contribution in [1.29, 1.82) is 0 Å². The molecule has 3 fully saturated rings. The largest absolute Gasteiger partial charge is 0.378 e. The van der Waals surface area contributed by atoms with Crippen molar-refractivity contribution in [2.75, 3.05) is 6.61 Å². The zero-order valence-corrected chi connectivity index (χ0v) is 8.54.